The van der Waals surface area contributed by atoms with Crippen molar-refractivity contribution in [2.75, 3.05) is 17.7 Å². The van der Waals surface area contributed by atoms with Gasteiger partial charge in [-0.1, -0.05) is 6.07 Å². The van der Waals surface area contributed by atoms with Crippen LogP contribution in [0.3, 0.4) is 0 Å². The lowest BCUT2D eigenvalue weighted by Crippen LogP contribution is -2.08. The second-order valence-corrected chi connectivity index (χ2v) is 3.96. The van der Waals surface area contributed by atoms with Crippen LogP contribution in [0.25, 0.3) is 0 Å². The minimum Gasteiger partial charge on any atom is -0.357 e. The molecule has 0 spiro atoms. The predicted octanol–water partition coefficient (Wildman–Crippen LogP) is 1.88. The van der Waals surface area contributed by atoms with E-state index < -0.39 is 0 Å². The van der Waals surface area contributed by atoms with Crippen LogP contribution < -0.4 is 10.6 Å². The zero-order chi connectivity index (χ0) is 13.0. The predicted molar refractivity (Wildman–Crippen MR) is 70.7 cm³/mol. The number of hydrogen-bond donors (Lipinski definition) is 2. The van der Waals surface area contributed by atoms with Crippen molar-refractivity contribution in [3.05, 3.63) is 34.9 Å². The molecule has 0 aliphatic heterocycles. The van der Waals surface area contributed by atoms with Gasteiger partial charge in [0, 0.05) is 12.7 Å². The van der Waals surface area contributed by atoms with Gasteiger partial charge in [0.25, 0.3) is 0 Å². The highest BCUT2D eigenvalue weighted by atomic mass is 35.5. The lowest BCUT2D eigenvalue weighted by molar-refractivity contribution is 0.964. The van der Waals surface area contributed by atoms with Gasteiger partial charge in [0.2, 0.25) is 17.2 Å². The maximum Gasteiger partial charge on any atom is 0.229 e. The van der Waals surface area contributed by atoms with Crippen LogP contribution >= 0.6 is 11.6 Å². The molecule has 2 rings (SSSR count). The molecule has 0 unspecified atom stereocenters. The van der Waals surface area contributed by atoms with Crippen LogP contribution in [0.15, 0.2) is 18.2 Å². The fraction of sp³-hybridized carbons (Fsp3) is 0.273. The van der Waals surface area contributed by atoms with E-state index in [4.69, 9.17) is 11.6 Å². The first-order chi connectivity index (χ1) is 8.67. The Bertz CT molecular complexity index is 545. The Morgan fingerprint density at radius 2 is 1.89 bits per heavy atom. The van der Waals surface area contributed by atoms with Crippen LogP contribution in [0.5, 0.6) is 0 Å². The molecule has 0 radical (unpaired) electrons. The standard InChI is InChI=1S/C11H13ClN6/c1-7-4-3-5-8(15-7)6-14-11-17-9(12)16-10(13-2)18-11/h3-5H,6H2,1-2H3,(H2,13,14,16,17,18). The van der Waals surface area contributed by atoms with Crippen molar-refractivity contribution in [1.82, 2.24) is 19.9 Å². The molecule has 18 heavy (non-hydrogen) atoms. The van der Waals surface area contributed by atoms with Gasteiger partial charge in [-0.15, -0.1) is 0 Å². The van der Waals surface area contributed by atoms with Gasteiger partial charge in [0.1, 0.15) is 0 Å². The van der Waals surface area contributed by atoms with E-state index in [0.717, 1.165) is 11.4 Å². The van der Waals surface area contributed by atoms with Gasteiger partial charge in [-0.2, -0.15) is 15.0 Å². The largest absolute Gasteiger partial charge is 0.357 e. The summed E-state index contributed by atoms with van der Waals surface area (Å²) in [5, 5.41) is 6.01. The number of hydrogen-bond acceptors (Lipinski definition) is 6. The number of halogens is 1. The Morgan fingerprint density at radius 3 is 2.61 bits per heavy atom. The van der Waals surface area contributed by atoms with Crippen LogP contribution in [0.4, 0.5) is 11.9 Å². The minimum absolute atomic E-state index is 0.147. The molecule has 6 nitrogen and oxygen atoms in total. The smallest absolute Gasteiger partial charge is 0.229 e. The molecule has 2 aromatic heterocycles. The zero-order valence-corrected chi connectivity index (χ0v) is 10.9. The Balaban J connectivity index is 2.08. The van der Waals surface area contributed by atoms with Crippen molar-refractivity contribution in [2.45, 2.75) is 13.5 Å². The maximum absolute atomic E-state index is 5.78. The van der Waals surface area contributed by atoms with Crippen molar-refractivity contribution < 1.29 is 0 Å². The average molecular weight is 265 g/mol. The second kappa shape index (κ2) is 5.59. The number of nitrogens with zero attached hydrogens (tertiary/aromatic N) is 4. The lowest BCUT2D eigenvalue weighted by atomic mass is 10.3. The first kappa shape index (κ1) is 12.5. The summed E-state index contributed by atoms with van der Waals surface area (Å²) in [6.07, 6.45) is 0. The molecule has 94 valence electrons. The number of rotatable bonds is 4. The normalized spacial score (nSPS) is 10.2. The molecule has 0 aromatic carbocycles. The van der Waals surface area contributed by atoms with E-state index in [2.05, 4.69) is 30.6 Å². The van der Waals surface area contributed by atoms with Crippen LogP contribution in [0, 0.1) is 6.92 Å². The van der Waals surface area contributed by atoms with Crippen molar-refractivity contribution in [3.63, 3.8) is 0 Å². The van der Waals surface area contributed by atoms with Crippen molar-refractivity contribution in [1.29, 1.82) is 0 Å². The molecule has 0 bridgehead atoms. The highest BCUT2D eigenvalue weighted by molar-refractivity contribution is 6.28. The highest BCUT2D eigenvalue weighted by Crippen LogP contribution is 2.09. The van der Waals surface area contributed by atoms with E-state index in [1.807, 2.05) is 25.1 Å². The quantitative estimate of drug-likeness (QED) is 0.878. The Hall–Kier alpha value is -1.95. The molecule has 0 fully saturated rings. The number of pyridine rings is 1. The van der Waals surface area contributed by atoms with Crippen LogP contribution in [0.1, 0.15) is 11.4 Å². The number of anilines is 2. The summed E-state index contributed by atoms with van der Waals surface area (Å²) < 4.78 is 0. The lowest BCUT2D eigenvalue weighted by Gasteiger charge is -2.06. The van der Waals surface area contributed by atoms with Gasteiger partial charge >= 0.3 is 0 Å². The molecular weight excluding hydrogens is 252 g/mol. The van der Waals surface area contributed by atoms with E-state index in [1.54, 1.807) is 7.05 Å². The summed E-state index contributed by atoms with van der Waals surface area (Å²) in [6, 6.07) is 5.84. The van der Waals surface area contributed by atoms with Crippen LogP contribution in [-0.2, 0) is 6.54 Å². The average Bonchev–Trinajstić information content (AvgIpc) is 2.36. The van der Waals surface area contributed by atoms with E-state index in [9.17, 15) is 0 Å². The van der Waals surface area contributed by atoms with Gasteiger partial charge < -0.3 is 10.6 Å². The first-order valence-corrected chi connectivity index (χ1v) is 5.81. The number of nitrogens with one attached hydrogen (secondary N) is 2. The Kier molecular flexibility index (Phi) is 3.88. The second-order valence-electron chi connectivity index (χ2n) is 3.63. The summed E-state index contributed by atoms with van der Waals surface area (Å²) in [6.45, 7) is 2.48. The van der Waals surface area contributed by atoms with Gasteiger partial charge in [0.15, 0.2) is 0 Å². The van der Waals surface area contributed by atoms with Crippen molar-refractivity contribution in [2.24, 2.45) is 0 Å². The third-order valence-electron chi connectivity index (χ3n) is 2.21. The summed E-state index contributed by atoms with van der Waals surface area (Å²) in [5.74, 6) is 0.845. The first-order valence-electron chi connectivity index (χ1n) is 5.43. The summed E-state index contributed by atoms with van der Waals surface area (Å²) in [4.78, 5) is 16.4. The molecule has 2 heterocycles. The Labute approximate surface area is 110 Å². The zero-order valence-electron chi connectivity index (χ0n) is 10.1. The fourth-order valence-corrected chi connectivity index (χ4v) is 1.57. The summed E-state index contributed by atoms with van der Waals surface area (Å²) >= 11 is 5.78. The fourth-order valence-electron chi connectivity index (χ4n) is 1.41. The molecular formula is C11H13ClN6. The van der Waals surface area contributed by atoms with Crippen molar-refractivity contribution >= 4 is 23.5 Å². The molecule has 2 aromatic rings. The monoisotopic (exact) mass is 264 g/mol. The molecule has 0 amide bonds. The van der Waals surface area contributed by atoms with Crippen molar-refractivity contribution in [3.8, 4) is 0 Å². The molecule has 0 saturated heterocycles. The topological polar surface area (TPSA) is 75.6 Å². The number of aromatic nitrogens is 4. The maximum atomic E-state index is 5.78. The van der Waals surface area contributed by atoms with Crippen LogP contribution in [0.2, 0.25) is 5.28 Å². The highest BCUT2D eigenvalue weighted by Gasteiger charge is 2.03. The summed E-state index contributed by atoms with van der Waals surface area (Å²) in [7, 11) is 1.72. The van der Waals surface area contributed by atoms with Gasteiger partial charge in [-0.05, 0) is 30.7 Å². The molecule has 0 aliphatic rings. The molecule has 2 N–H and O–H groups in total. The SMILES string of the molecule is CNc1nc(Cl)nc(NCc2cccc(C)n2)n1. The van der Waals surface area contributed by atoms with E-state index in [-0.39, 0.29) is 5.28 Å². The molecule has 0 aliphatic carbocycles. The van der Waals surface area contributed by atoms with Gasteiger partial charge in [0.05, 0.1) is 12.2 Å². The number of aryl methyl sites for hydroxylation is 1. The summed E-state index contributed by atoms with van der Waals surface area (Å²) in [5.41, 5.74) is 1.89. The van der Waals surface area contributed by atoms with Gasteiger partial charge in [-0.25, -0.2) is 0 Å². The molecule has 0 atom stereocenters. The third-order valence-corrected chi connectivity index (χ3v) is 2.37. The third kappa shape index (κ3) is 3.27. The van der Waals surface area contributed by atoms with Crippen LogP contribution in [-0.4, -0.2) is 27.0 Å². The minimum atomic E-state index is 0.147. The van der Waals surface area contributed by atoms with E-state index >= 15 is 0 Å². The van der Waals surface area contributed by atoms with Gasteiger partial charge in [-0.3, -0.25) is 4.98 Å². The van der Waals surface area contributed by atoms with E-state index in [1.165, 1.54) is 0 Å². The molecule has 0 saturated carbocycles. The van der Waals surface area contributed by atoms with E-state index in [0.29, 0.717) is 18.4 Å². The Morgan fingerprint density at radius 1 is 1.11 bits per heavy atom. The molecule has 7 heteroatoms.